The summed E-state index contributed by atoms with van der Waals surface area (Å²) in [5.74, 6) is -1.61. The number of carbonyl (C=O) groups is 2. The van der Waals surface area contributed by atoms with E-state index in [4.69, 9.17) is 5.11 Å². The molecule has 1 aromatic rings. The molecule has 1 aromatic carbocycles. The van der Waals surface area contributed by atoms with Gasteiger partial charge >= 0.3 is 5.97 Å². The summed E-state index contributed by atoms with van der Waals surface area (Å²) in [5.41, 5.74) is -0.0256. The second-order valence-corrected chi connectivity index (χ2v) is 4.57. The van der Waals surface area contributed by atoms with Crippen molar-refractivity contribution in [3.63, 3.8) is 0 Å². The number of aromatic hydroxyl groups is 1. The topological polar surface area (TPSA) is 77.8 Å². The van der Waals surface area contributed by atoms with Crippen molar-refractivity contribution in [2.75, 3.05) is 11.4 Å². The molecule has 1 aliphatic rings. The monoisotopic (exact) mass is 253 g/mol. The molecule has 0 spiro atoms. The van der Waals surface area contributed by atoms with Crippen LogP contribution < -0.4 is 4.90 Å². The lowest BCUT2D eigenvalue weighted by Gasteiger charge is -2.19. The summed E-state index contributed by atoms with van der Waals surface area (Å²) in [6, 6.07) is 4.15. The van der Waals surface area contributed by atoms with Gasteiger partial charge in [0.1, 0.15) is 11.4 Å². The molecule has 1 aliphatic heterocycles. The number of phenols is 1. The lowest BCUT2D eigenvalue weighted by atomic mass is 10.1. The summed E-state index contributed by atoms with van der Waals surface area (Å²) in [4.78, 5) is 24.0. The van der Waals surface area contributed by atoms with Gasteiger partial charge in [-0.25, -0.2) is 4.79 Å². The van der Waals surface area contributed by atoms with Crippen LogP contribution in [0.1, 0.15) is 16.8 Å². The number of carboxylic acids is 1. The zero-order valence-corrected chi connectivity index (χ0v) is 9.72. The van der Waals surface area contributed by atoms with E-state index in [9.17, 15) is 14.7 Å². The van der Waals surface area contributed by atoms with Gasteiger partial charge in [-0.1, -0.05) is 6.07 Å². The van der Waals surface area contributed by atoms with Crippen LogP contribution in [0.2, 0.25) is 0 Å². The number of carbonyl (C=O) groups excluding carboxylic acids is 1. The predicted molar refractivity (Wildman–Crippen MR) is 64.8 cm³/mol. The normalized spacial score (nSPS) is 19.7. The smallest absolute Gasteiger partial charge is 0.337 e. The van der Waals surface area contributed by atoms with Crippen LogP contribution in [0.4, 0.5) is 5.69 Å². The zero-order chi connectivity index (χ0) is 12.6. The molecular formula is C11H11NO4S. The third-order valence-electron chi connectivity index (χ3n) is 2.62. The highest BCUT2D eigenvalue weighted by atomic mass is 32.1. The third-order valence-corrected chi connectivity index (χ3v) is 2.97. The molecule has 1 saturated heterocycles. The van der Waals surface area contributed by atoms with Crippen LogP contribution >= 0.6 is 12.6 Å². The molecule has 17 heavy (non-hydrogen) atoms. The van der Waals surface area contributed by atoms with E-state index in [1.54, 1.807) is 0 Å². The van der Waals surface area contributed by atoms with Gasteiger partial charge in [-0.3, -0.25) is 4.79 Å². The van der Waals surface area contributed by atoms with E-state index in [0.717, 1.165) is 0 Å². The number of anilines is 1. The molecule has 1 amide bonds. The highest BCUT2D eigenvalue weighted by Gasteiger charge is 2.32. The SMILES string of the molecule is O=C(O)c1cccc(O)c1N1CC(S)CC1=O. The molecule has 6 heteroatoms. The third kappa shape index (κ3) is 2.08. The van der Waals surface area contributed by atoms with Gasteiger partial charge in [0.15, 0.2) is 0 Å². The average molecular weight is 253 g/mol. The summed E-state index contributed by atoms with van der Waals surface area (Å²) < 4.78 is 0. The molecule has 1 heterocycles. The highest BCUT2D eigenvalue weighted by molar-refractivity contribution is 7.81. The largest absolute Gasteiger partial charge is 0.506 e. The number of phenolic OH excluding ortho intramolecular Hbond substituents is 1. The molecule has 0 bridgehead atoms. The van der Waals surface area contributed by atoms with Crippen molar-refractivity contribution in [2.24, 2.45) is 0 Å². The number of thiol groups is 1. The Morgan fingerprint density at radius 3 is 2.71 bits per heavy atom. The summed E-state index contributed by atoms with van der Waals surface area (Å²) in [6.45, 7) is 0.305. The lowest BCUT2D eigenvalue weighted by Crippen LogP contribution is -2.26. The number of hydrogen-bond acceptors (Lipinski definition) is 4. The van der Waals surface area contributed by atoms with Gasteiger partial charge in [-0.2, -0.15) is 12.6 Å². The minimum Gasteiger partial charge on any atom is -0.506 e. The number of carboxylic acid groups (broad SMARTS) is 1. The molecule has 1 unspecified atom stereocenters. The Morgan fingerprint density at radius 1 is 1.47 bits per heavy atom. The predicted octanol–water partition coefficient (Wildman–Crippen LogP) is 1.13. The van der Waals surface area contributed by atoms with Crippen molar-refractivity contribution < 1.29 is 19.8 Å². The maximum absolute atomic E-state index is 11.7. The number of nitrogens with zero attached hydrogens (tertiary/aromatic N) is 1. The highest BCUT2D eigenvalue weighted by Crippen LogP contribution is 2.34. The fourth-order valence-electron chi connectivity index (χ4n) is 1.89. The standard InChI is InChI=1S/C11H11NO4S/c13-8-3-1-2-7(11(15)16)10(8)12-5-6(17)4-9(12)14/h1-3,6,13,17H,4-5H2,(H,15,16). The Kier molecular flexibility index (Phi) is 2.97. The quantitative estimate of drug-likeness (QED) is 0.690. The molecule has 1 fully saturated rings. The molecule has 2 N–H and O–H groups in total. The van der Waals surface area contributed by atoms with Crippen LogP contribution in [-0.4, -0.2) is 33.9 Å². The van der Waals surface area contributed by atoms with Crippen LogP contribution in [0.25, 0.3) is 0 Å². The Labute approximate surface area is 103 Å². The van der Waals surface area contributed by atoms with Crippen LogP contribution in [0.5, 0.6) is 5.75 Å². The Hall–Kier alpha value is -1.69. The van der Waals surface area contributed by atoms with Gasteiger partial charge < -0.3 is 15.1 Å². The Morgan fingerprint density at radius 2 is 2.18 bits per heavy atom. The summed E-state index contributed by atoms with van der Waals surface area (Å²) in [7, 11) is 0. The van der Waals surface area contributed by atoms with E-state index < -0.39 is 5.97 Å². The molecule has 2 rings (SSSR count). The first-order chi connectivity index (χ1) is 8.00. The van der Waals surface area contributed by atoms with Crippen molar-refractivity contribution in [2.45, 2.75) is 11.7 Å². The van der Waals surface area contributed by atoms with E-state index >= 15 is 0 Å². The second-order valence-electron chi connectivity index (χ2n) is 3.84. The number of benzene rings is 1. The van der Waals surface area contributed by atoms with Crippen LogP contribution in [0, 0.1) is 0 Å². The number of hydrogen-bond donors (Lipinski definition) is 3. The molecule has 0 radical (unpaired) electrons. The maximum Gasteiger partial charge on any atom is 0.337 e. The van der Waals surface area contributed by atoms with Crippen molar-refractivity contribution >= 4 is 30.2 Å². The minimum atomic E-state index is -1.17. The van der Waals surface area contributed by atoms with Crippen molar-refractivity contribution in [1.82, 2.24) is 0 Å². The van der Waals surface area contributed by atoms with Crippen molar-refractivity contribution in [3.8, 4) is 5.75 Å². The Balaban J connectivity index is 2.51. The minimum absolute atomic E-state index is 0.0570. The maximum atomic E-state index is 11.7. The molecular weight excluding hydrogens is 242 g/mol. The lowest BCUT2D eigenvalue weighted by molar-refractivity contribution is -0.117. The van der Waals surface area contributed by atoms with E-state index in [1.165, 1.54) is 23.1 Å². The van der Waals surface area contributed by atoms with Gasteiger partial charge in [0, 0.05) is 18.2 Å². The Bertz CT molecular complexity index is 488. The number of amides is 1. The molecule has 0 saturated carbocycles. The first-order valence-electron chi connectivity index (χ1n) is 5.04. The number of rotatable bonds is 2. The van der Waals surface area contributed by atoms with Gasteiger partial charge in [-0.05, 0) is 12.1 Å². The van der Waals surface area contributed by atoms with E-state index in [-0.39, 0.29) is 34.6 Å². The van der Waals surface area contributed by atoms with Gasteiger partial charge in [0.25, 0.3) is 0 Å². The average Bonchev–Trinajstić information content (AvgIpc) is 2.57. The first-order valence-corrected chi connectivity index (χ1v) is 5.56. The summed E-state index contributed by atoms with van der Waals surface area (Å²) in [6.07, 6.45) is 0.247. The zero-order valence-electron chi connectivity index (χ0n) is 8.83. The van der Waals surface area contributed by atoms with Gasteiger partial charge in [-0.15, -0.1) is 0 Å². The first kappa shape index (κ1) is 11.8. The number of aromatic carboxylic acids is 1. The second kappa shape index (κ2) is 4.29. The summed E-state index contributed by atoms with van der Waals surface area (Å²) in [5, 5.41) is 18.6. The van der Waals surface area contributed by atoms with Gasteiger partial charge in [0.05, 0.1) is 5.56 Å². The van der Waals surface area contributed by atoms with E-state index in [0.29, 0.717) is 6.54 Å². The fourth-order valence-corrected chi connectivity index (χ4v) is 2.21. The van der Waals surface area contributed by atoms with Gasteiger partial charge in [0.2, 0.25) is 5.91 Å². The van der Waals surface area contributed by atoms with Crippen LogP contribution in [0.15, 0.2) is 18.2 Å². The van der Waals surface area contributed by atoms with Crippen molar-refractivity contribution in [1.29, 1.82) is 0 Å². The molecule has 0 aromatic heterocycles. The molecule has 0 aliphatic carbocycles. The van der Waals surface area contributed by atoms with Crippen molar-refractivity contribution in [3.05, 3.63) is 23.8 Å². The molecule has 90 valence electrons. The van der Waals surface area contributed by atoms with Crippen LogP contribution in [-0.2, 0) is 4.79 Å². The number of para-hydroxylation sites is 1. The van der Waals surface area contributed by atoms with Crippen LogP contribution in [0.3, 0.4) is 0 Å². The van der Waals surface area contributed by atoms with E-state index in [2.05, 4.69) is 12.6 Å². The molecule has 1 atom stereocenters. The summed E-state index contributed by atoms with van der Waals surface area (Å²) >= 11 is 4.19. The molecule has 5 nitrogen and oxygen atoms in total. The van der Waals surface area contributed by atoms with E-state index in [1.807, 2.05) is 0 Å². The fraction of sp³-hybridized carbons (Fsp3) is 0.273.